The molecule has 0 bridgehead atoms. The first-order valence-corrected chi connectivity index (χ1v) is 5.40. The van der Waals surface area contributed by atoms with Gasteiger partial charge in [0.25, 0.3) is 0 Å². The van der Waals surface area contributed by atoms with Crippen LogP contribution in [0.5, 0.6) is 0 Å². The second-order valence-corrected chi connectivity index (χ2v) is 4.11. The van der Waals surface area contributed by atoms with Crippen LogP contribution in [0.2, 0.25) is 0 Å². The van der Waals surface area contributed by atoms with Gasteiger partial charge in [0, 0.05) is 4.47 Å². The number of carbonyl (C=O) groups is 1. The normalized spacial score (nSPS) is 12.3. The van der Waals surface area contributed by atoms with Crippen LogP contribution in [-0.2, 0) is 9.53 Å². The quantitative estimate of drug-likeness (QED) is 0.857. The third kappa shape index (κ3) is 2.79. The summed E-state index contributed by atoms with van der Waals surface area (Å²) in [6.45, 7) is 1.98. The van der Waals surface area contributed by atoms with Gasteiger partial charge in [0.05, 0.1) is 7.11 Å². The molecule has 1 rings (SSSR count). The van der Waals surface area contributed by atoms with Gasteiger partial charge in [-0.2, -0.15) is 0 Å². The molecule has 0 saturated heterocycles. The second-order valence-electron chi connectivity index (χ2n) is 3.25. The molecular weight excluding hydrogens is 258 g/mol. The average Bonchev–Trinajstić information content (AvgIpc) is 2.24. The highest BCUT2D eigenvalue weighted by atomic mass is 79.9. The van der Waals surface area contributed by atoms with Crippen molar-refractivity contribution >= 4 is 21.9 Å². The number of carbonyl (C=O) groups excluding carboxylic acids is 1. The minimum absolute atomic E-state index is 0.278. The Morgan fingerprint density at radius 3 is 2.67 bits per heavy atom. The van der Waals surface area contributed by atoms with E-state index in [0.29, 0.717) is 0 Å². The Morgan fingerprint density at radius 2 is 2.20 bits per heavy atom. The fourth-order valence-corrected chi connectivity index (χ4v) is 1.63. The maximum Gasteiger partial charge on any atom is 0.327 e. The van der Waals surface area contributed by atoms with Gasteiger partial charge in [-0.15, -0.1) is 0 Å². The van der Waals surface area contributed by atoms with Crippen LogP contribution < -0.4 is 5.32 Å². The van der Waals surface area contributed by atoms with Gasteiger partial charge >= 0.3 is 5.97 Å². The Labute approximate surface area is 97.9 Å². The maximum absolute atomic E-state index is 11.4. The molecule has 0 heterocycles. The zero-order valence-electron chi connectivity index (χ0n) is 9.00. The number of ether oxygens (including phenoxy) is 1. The lowest BCUT2D eigenvalue weighted by atomic mass is 10.0. The van der Waals surface area contributed by atoms with Crippen molar-refractivity contribution in [3.05, 3.63) is 33.8 Å². The van der Waals surface area contributed by atoms with E-state index in [2.05, 4.69) is 21.2 Å². The molecule has 1 atom stereocenters. The molecule has 0 spiro atoms. The maximum atomic E-state index is 11.4. The lowest BCUT2D eigenvalue weighted by molar-refractivity contribution is -0.143. The molecule has 0 aliphatic heterocycles. The molecule has 0 aliphatic carbocycles. The number of methoxy groups -OCH3 is 1. The third-order valence-electron chi connectivity index (χ3n) is 2.24. The predicted molar refractivity (Wildman–Crippen MR) is 62.7 cm³/mol. The molecule has 0 aliphatic rings. The highest BCUT2D eigenvalue weighted by molar-refractivity contribution is 9.10. The van der Waals surface area contributed by atoms with Crippen molar-refractivity contribution < 1.29 is 9.53 Å². The van der Waals surface area contributed by atoms with Crippen molar-refractivity contribution in [2.45, 2.75) is 13.0 Å². The molecule has 1 unspecified atom stereocenters. The van der Waals surface area contributed by atoms with E-state index < -0.39 is 6.04 Å². The fourth-order valence-electron chi connectivity index (χ4n) is 1.39. The number of nitrogens with one attached hydrogen (secondary N) is 1. The van der Waals surface area contributed by atoms with E-state index in [4.69, 9.17) is 4.74 Å². The van der Waals surface area contributed by atoms with E-state index in [1.807, 2.05) is 25.1 Å². The SMILES string of the molecule is CNC(C(=O)OC)c1ccc(Br)c(C)c1. The predicted octanol–water partition coefficient (Wildman–Crippen LogP) is 2.19. The van der Waals surface area contributed by atoms with E-state index in [-0.39, 0.29) is 5.97 Å². The summed E-state index contributed by atoms with van der Waals surface area (Å²) in [7, 11) is 3.12. The number of hydrogen-bond acceptors (Lipinski definition) is 3. The van der Waals surface area contributed by atoms with E-state index >= 15 is 0 Å². The molecule has 82 valence electrons. The zero-order valence-corrected chi connectivity index (χ0v) is 10.6. The Hall–Kier alpha value is -0.870. The van der Waals surface area contributed by atoms with Crippen LogP contribution in [0, 0.1) is 6.92 Å². The number of likely N-dealkylation sites (N-methyl/N-ethyl adjacent to an activating group) is 1. The summed E-state index contributed by atoms with van der Waals surface area (Å²) in [4.78, 5) is 11.4. The van der Waals surface area contributed by atoms with Crippen LogP contribution in [0.1, 0.15) is 17.2 Å². The van der Waals surface area contributed by atoms with Gasteiger partial charge in [-0.3, -0.25) is 0 Å². The number of esters is 1. The molecule has 1 N–H and O–H groups in total. The summed E-state index contributed by atoms with van der Waals surface area (Å²) in [5.74, 6) is -0.278. The molecular formula is C11H14BrNO2. The number of halogens is 1. The standard InChI is InChI=1S/C11H14BrNO2/c1-7-6-8(4-5-9(7)12)10(13-2)11(14)15-3/h4-6,10,13H,1-3H3. The second kappa shape index (κ2) is 5.28. The van der Waals surface area contributed by atoms with Gasteiger partial charge < -0.3 is 10.1 Å². The summed E-state index contributed by atoms with van der Waals surface area (Å²) < 4.78 is 5.75. The van der Waals surface area contributed by atoms with Crippen LogP contribution in [0.3, 0.4) is 0 Å². The molecule has 0 radical (unpaired) electrons. The van der Waals surface area contributed by atoms with Gasteiger partial charge in [0.1, 0.15) is 6.04 Å². The molecule has 0 saturated carbocycles. The highest BCUT2D eigenvalue weighted by Crippen LogP contribution is 2.21. The molecule has 15 heavy (non-hydrogen) atoms. The molecule has 0 fully saturated rings. The van der Waals surface area contributed by atoms with Gasteiger partial charge in [0.2, 0.25) is 0 Å². The Balaban J connectivity index is 3.02. The lowest BCUT2D eigenvalue weighted by Gasteiger charge is -2.14. The van der Waals surface area contributed by atoms with Crippen LogP contribution >= 0.6 is 15.9 Å². The van der Waals surface area contributed by atoms with Crippen molar-refractivity contribution in [1.29, 1.82) is 0 Å². The Morgan fingerprint density at radius 1 is 1.53 bits per heavy atom. The highest BCUT2D eigenvalue weighted by Gasteiger charge is 2.19. The number of benzene rings is 1. The lowest BCUT2D eigenvalue weighted by Crippen LogP contribution is -2.26. The topological polar surface area (TPSA) is 38.3 Å². The van der Waals surface area contributed by atoms with E-state index in [9.17, 15) is 4.79 Å². The number of hydrogen-bond donors (Lipinski definition) is 1. The monoisotopic (exact) mass is 271 g/mol. The zero-order chi connectivity index (χ0) is 11.4. The van der Waals surface area contributed by atoms with Crippen molar-refractivity contribution in [3.8, 4) is 0 Å². The van der Waals surface area contributed by atoms with Crippen LogP contribution in [0.25, 0.3) is 0 Å². The summed E-state index contributed by atoms with van der Waals surface area (Å²) in [5, 5.41) is 2.93. The first-order chi connectivity index (χ1) is 7.10. The fraction of sp³-hybridized carbons (Fsp3) is 0.364. The van der Waals surface area contributed by atoms with Crippen LogP contribution in [0.4, 0.5) is 0 Å². The van der Waals surface area contributed by atoms with Crippen molar-refractivity contribution in [1.82, 2.24) is 5.32 Å². The molecule has 0 aromatic heterocycles. The van der Waals surface area contributed by atoms with Crippen LogP contribution in [-0.4, -0.2) is 20.1 Å². The van der Waals surface area contributed by atoms with Gasteiger partial charge in [-0.05, 0) is 31.2 Å². The number of rotatable bonds is 3. The largest absolute Gasteiger partial charge is 0.468 e. The van der Waals surface area contributed by atoms with Gasteiger partial charge in [-0.1, -0.05) is 28.1 Å². The van der Waals surface area contributed by atoms with Gasteiger partial charge in [0.15, 0.2) is 0 Å². The minimum Gasteiger partial charge on any atom is -0.468 e. The number of aryl methyl sites for hydroxylation is 1. The van der Waals surface area contributed by atoms with Crippen molar-refractivity contribution in [2.24, 2.45) is 0 Å². The summed E-state index contributed by atoms with van der Waals surface area (Å²) in [6.07, 6.45) is 0. The van der Waals surface area contributed by atoms with E-state index in [0.717, 1.165) is 15.6 Å². The molecule has 4 heteroatoms. The first-order valence-electron chi connectivity index (χ1n) is 4.61. The van der Waals surface area contributed by atoms with E-state index in [1.54, 1.807) is 7.05 Å². The first kappa shape index (κ1) is 12.2. The smallest absolute Gasteiger partial charge is 0.327 e. The Bertz CT molecular complexity index is 366. The van der Waals surface area contributed by atoms with Gasteiger partial charge in [-0.25, -0.2) is 4.79 Å². The van der Waals surface area contributed by atoms with E-state index in [1.165, 1.54) is 7.11 Å². The third-order valence-corrected chi connectivity index (χ3v) is 3.13. The average molecular weight is 272 g/mol. The molecule has 0 amide bonds. The summed E-state index contributed by atoms with van der Waals surface area (Å²) in [5.41, 5.74) is 2.00. The summed E-state index contributed by atoms with van der Waals surface area (Å²) >= 11 is 3.42. The Kier molecular flexibility index (Phi) is 4.29. The van der Waals surface area contributed by atoms with Crippen LogP contribution in [0.15, 0.2) is 22.7 Å². The minimum atomic E-state index is -0.401. The van der Waals surface area contributed by atoms with Crippen molar-refractivity contribution in [3.63, 3.8) is 0 Å². The molecule has 1 aromatic rings. The van der Waals surface area contributed by atoms with Crippen molar-refractivity contribution in [2.75, 3.05) is 14.2 Å². The summed E-state index contributed by atoms with van der Waals surface area (Å²) in [6, 6.07) is 5.39. The molecule has 1 aromatic carbocycles. The molecule has 3 nitrogen and oxygen atoms in total.